The lowest BCUT2D eigenvalue weighted by molar-refractivity contribution is 0.908. The molecule has 11 aromatic rings. The van der Waals surface area contributed by atoms with Gasteiger partial charge in [0.25, 0.3) is 6.71 Å². The molecule has 2 aliphatic carbocycles. The van der Waals surface area contributed by atoms with Crippen molar-refractivity contribution in [3.63, 3.8) is 0 Å². The van der Waals surface area contributed by atoms with Gasteiger partial charge in [-0.3, -0.25) is 0 Å². The van der Waals surface area contributed by atoms with E-state index in [1.807, 2.05) is 0 Å². The van der Waals surface area contributed by atoms with E-state index in [4.69, 9.17) is 0 Å². The van der Waals surface area contributed by atoms with Crippen molar-refractivity contribution >= 4 is 122 Å². The lowest BCUT2D eigenvalue weighted by atomic mass is 9.33. The van der Waals surface area contributed by atoms with Crippen LogP contribution in [-0.4, -0.2) is 6.71 Å². The number of fused-ring (bicyclic) bond motifs is 20. The first-order chi connectivity index (χ1) is 32.1. The van der Waals surface area contributed by atoms with Crippen LogP contribution in [0.3, 0.4) is 0 Å². The van der Waals surface area contributed by atoms with Crippen LogP contribution in [0.15, 0.2) is 164 Å². The molecule has 2 aliphatic heterocycles. The van der Waals surface area contributed by atoms with E-state index in [0.717, 1.165) is 25.7 Å². The molecule has 2 nitrogen and oxygen atoms in total. The zero-order valence-corrected chi connectivity index (χ0v) is 36.8. The van der Waals surface area contributed by atoms with Gasteiger partial charge in [0.05, 0.1) is 11.4 Å². The summed E-state index contributed by atoms with van der Waals surface area (Å²) >= 11 is 0. The largest absolute Gasteiger partial charge is 0.311 e. The molecule has 15 rings (SSSR count). The van der Waals surface area contributed by atoms with Crippen molar-refractivity contribution in [3.05, 3.63) is 197 Å². The highest BCUT2D eigenvalue weighted by Gasteiger charge is 2.47. The predicted molar refractivity (Wildman–Crippen MR) is 279 cm³/mol. The third-order valence-electron chi connectivity index (χ3n) is 16.1. The van der Waals surface area contributed by atoms with Crippen molar-refractivity contribution in [2.45, 2.75) is 52.4 Å². The monoisotopic (exact) mass is 828 g/mol. The maximum atomic E-state index is 2.74. The zero-order valence-electron chi connectivity index (χ0n) is 36.8. The molecular weight excluding hydrogens is 784 g/mol. The summed E-state index contributed by atoms with van der Waals surface area (Å²) in [6, 6.07) is 63.0. The Balaban J connectivity index is 1.11. The van der Waals surface area contributed by atoms with E-state index in [2.05, 4.69) is 187 Å². The number of rotatable bonds is 2. The molecule has 0 saturated carbocycles. The predicted octanol–water partition coefficient (Wildman–Crippen LogP) is 14.3. The van der Waals surface area contributed by atoms with Gasteiger partial charge in [0.2, 0.25) is 0 Å². The molecule has 0 radical (unpaired) electrons. The minimum Gasteiger partial charge on any atom is -0.311 e. The Bertz CT molecular complexity index is 3610. The fraction of sp³-hybridized carbons (Fsp3) is 0.129. The van der Waals surface area contributed by atoms with Crippen molar-refractivity contribution in [3.8, 4) is 0 Å². The molecule has 4 aliphatic rings. The molecule has 11 aromatic carbocycles. The summed E-state index contributed by atoms with van der Waals surface area (Å²) in [5, 5.41) is 15.7. The minimum absolute atomic E-state index is 0.0907. The molecule has 0 spiro atoms. The van der Waals surface area contributed by atoms with Crippen LogP contribution in [0.2, 0.25) is 0 Å². The summed E-state index contributed by atoms with van der Waals surface area (Å²) in [5.41, 5.74) is 21.4. The van der Waals surface area contributed by atoms with E-state index in [1.54, 1.807) is 22.3 Å². The Labute approximate surface area is 379 Å². The minimum atomic E-state index is 0.0907. The Morgan fingerprint density at radius 1 is 0.338 bits per heavy atom. The van der Waals surface area contributed by atoms with Gasteiger partial charge in [0.15, 0.2) is 0 Å². The summed E-state index contributed by atoms with van der Waals surface area (Å²) in [4.78, 5) is 5.49. The summed E-state index contributed by atoms with van der Waals surface area (Å²) < 4.78 is 0. The van der Waals surface area contributed by atoms with E-state index in [1.165, 1.54) is 139 Å². The lowest BCUT2D eigenvalue weighted by Crippen LogP contribution is -2.62. The van der Waals surface area contributed by atoms with Crippen LogP contribution >= 0.6 is 0 Å². The Morgan fingerprint density at radius 2 is 0.646 bits per heavy atom. The molecule has 0 atom stereocenters. The third kappa shape index (κ3) is 4.65. The fourth-order valence-corrected chi connectivity index (χ4v) is 13.7. The molecule has 0 N–H and O–H groups in total. The normalized spacial score (nSPS) is 14.8. The van der Waals surface area contributed by atoms with Crippen molar-refractivity contribution < 1.29 is 0 Å². The summed E-state index contributed by atoms with van der Waals surface area (Å²) in [5.74, 6) is 0. The van der Waals surface area contributed by atoms with E-state index >= 15 is 0 Å². The van der Waals surface area contributed by atoms with Crippen molar-refractivity contribution in [1.82, 2.24) is 0 Å². The second kappa shape index (κ2) is 13.1. The SMILES string of the molecule is Cc1cc2c(c3c1CCC3)N(c1cccc3c4ccccc4c4ccccc4c13)c1cccc3c1B2c1cc(C)c2c(c1N3c1cccc3c4ccccc4c4ccccc4c13)CCC2. The zero-order chi connectivity index (χ0) is 42.7. The first kappa shape index (κ1) is 36.0. The van der Waals surface area contributed by atoms with Crippen LogP contribution in [0, 0.1) is 13.8 Å². The van der Waals surface area contributed by atoms with E-state index in [0.29, 0.717) is 0 Å². The maximum absolute atomic E-state index is 2.74. The molecule has 0 bridgehead atoms. The Morgan fingerprint density at radius 3 is 1.05 bits per heavy atom. The quantitative estimate of drug-likeness (QED) is 0.127. The van der Waals surface area contributed by atoms with Gasteiger partial charge in [-0.1, -0.05) is 140 Å². The van der Waals surface area contributed by atoms with Crippen LogP contribution in [-0.2, 0) is 25.7 Å². The summed E-state index contributed by atoms with van der Waals surface area (Å²) in [6.07, 6.45) is 6.88. The van der Waals surface area contributed by atoms with E-state index in [9.17, 15) is 0 Å². The van der Waals surface area contributed by atoms with Crippen molar-refractivity contribution in [1.29, 1.82) is 0 Å². The van der Waals surface area contributed by atoms with Crippen molar-refractivity contribution in [2.75, 3.05) is 9.80 Å². The van der Waals surface area contributed by atoms with Gasteiger partial charge in [-0.05, 0) is 180 Å². The van der Waals surface area contributed by atoms with Gasteiger partial charge in [-0.2, -0.15) is 0 Å². The second-order valence-electron chi connectivity index (χ2n) is 19.3. The molecule has 0 unspecified atom stereocenters. The number of benzene rings is 11. The average Bonchev–Trinajstić information content (AvgIpc) is 4.07. The number of anilines is 6. The standard InChI is InChI=1S/C62H45BN2/c1-36-34-52-61(50-28-11-24-38(36)50)64(54-30-13-26-48-44-18-5-3-16-40(44)42-20-7-9-22-46(42)58(48)54)56-32-15-33-57-60(56)63(52)53-35-37(2)39-25-12-29-51(39)62(53)65(57)55-31-14-27-49-45-19-6-4-17-41(45)43-21-8-10-23-47(43)59(49)55/h3-10,13-23,26-27,30-35H,11-12,24-25,28-29H2,1-2H3. The molecule has 306 valence electrons. The molecule has 0 fully saturated rings. The third-order valence-corrected chi connectivity index (χ3v) is 16.1. The lowest BCUT2D eigenvalue weighted by Gasteiger charge is -2.46. The van der Waals surface area contributed by atoms with Gasteiger partial charge in [0.1, 0.15) is 0 Å². The number of hydrogen-bond donors (Lipinski definition) is 0. The number of hydrogen-bond acceptors (Lipinski definition) is 2. The summed E-state index contributed by atoms with van der Waals surface area (Å²) in [7, 11) is 0. The van der Waals surface area contributed by atoms with Crippen molar-refractivity contribution in [2.24, 2.45) is 0 Å². The van der Waals surface area contributed by atoms with Crippen LogP contribution in [0.4, 0.5) is 34.1 Å². The highest BCUT2D eigenvalue weighted by atomic mass is 15.2. The van der Waals surface area contributed by atoms with Crippen LogP contribution in [0.1, 0.15) is 46.2 Å². The smallest absolute Gasteiger partial charge is 0.252 e. The Hall–Kier alpha value is -7.36. The second-order valence-corrected chi connectivity index (χ2v) is 19.3. The molecule has 0 amide bonds. The van der Waals surface area contributed by atoms with Gasteiger partial charge >= 0.3 is 0 Å². The van der Waals surface area contributed by atoms with Gasteiger partial charge in [0, 0.05) is 33.5 Å². The van der Waals surface area contributed by atoms with Gasteiger partial charge in [-0.25, -0.2) is 0 Å². The Kier molecular flexibility index (Phi) is 7.27. The van der Waals surface area contributed by atoms with E-state index < -0.39 is 0 Å². The fourth-order valence-electron chi connectivity index (χ4n) is 13.7. The average molecular weight is 829 g/mol. The first-order valence-electron chi connectivity index (χ1n) is 23.8. The van der Waals surface area contributed by atoms with Crippen LogP contribution < -0.4 is 26.2 Å². The number of nitrogens with zero attached hydrogens (tertiary/aromatic N) is 2. The number of aryl methyl sites for hydroxylation is 2. The van der Waals surface area contributed by atoms with Crippen LogP contribution in [0.25, 0.3) is 64.6 Å². The maximum Gasteiger partial charge on any atom is 0.252 e. The molecular formula is C62H45BN2. The van der Waals surface area contributed by atoms with Gasteiger partial charge < -0.3 is 9.80 Å². The van der Waals surface area contributed by atoms with Gasteiger partial charge in [-0.15, -0.1) is 0 Å². The van der Waals surface area contributed by atoms with E-state index in [-0.39, 0.29) is 6.71 Å². The first-order valence-corrected chi connectivity index (χ1v) is 23.8. The molecule has 0 saturated heterocycles. The molecule has 2 heterocycles. The molecule has 0 aromatic heterocycles. The highest BCUT2D eigenvalue weighted by Crippen LogP contribution is 2.53. The highest BCUT2D eigenvalue weighted by molar-refractivity contribution is 7.00. The molecule has 65 heavy (non-hydrogen) atoms. The van der Waals surface area contributed by atoms with Crippen LogP contribution in [0.5, 0.6) is 0 Å². The molecule has 3 heteroatoms. The topological polar surface area (TPSA) is 6.48 Å². The summed E-state index contributed by atoms with van der Waals surface area (Å²) in [6.45, 7) is 4.88.